The molecule has 2 aromatic rings. The van der Waals surface area contributed by atoms with Crippen molar-refractivity contribution in [1.82, 2.24) is 0 Å². The van der Waals surface area contributed by atoms with E-state index in [1.54, 1.807) is 0 Å². The summed E-state index contributed by atoms with van der Waals surface area (Å²) in [5, 5.41) is 20.5. The zero-order valence-corrected chi connectivity index (χ0v) is 14.0. The van der Waals surface area contributed by atoms with Gasteiger partial charge in [0.2, 0.25) is 0 Å². The van der Waals surface area contributed by atoms with E-state index < -0.39 is 0 Å². The fourth-order valence-corrected chi connectivity index (χ4v) is 2.93. The maximum absolute atomic E-state index is 10.3. The molecule has 2 N–H and O–H groups in total. The average molecular weight is 298 g/mol. The van der Waals surface area contributed by atoms with E-state index in [0.29, 0.717) is 11.5 Å². The molecule has 2 rings (SSSR count). The quantitative estimate of drug-likeness (QED) is 0.814. The van der Waals surface area contributed by atoms with E-state index in [4.69, 9.17) is 0 Å². The van der Waals surface area contributed by atoms with E-state index in [1.165, 1.54) is 0 Å². The number of aryl methyl sites for hydroxylation is 4. The van der Waals surface area contributed by atoms with Gasteiger partial charge in [0, 0.05) is 0 Å². The normalized spacial score (nSPS) is 10.9. The van der Waals surface area contributed by atoms with Crippen LogP contribution in [-0.2, 0) is 25.7 Å². The van der Waals surface area contributed by atoms with Crippen LogP contribution in [0.4, 0.5) is 0 Å². The molecule has 0 unspecified atom stereocenters. The standard InChI is InChI=1S/C20H26O2/c1-5-13-9-17(10-14(6-2)19(13)21)18-11-15(7-3)20(22)16(8-4)12-18/h9-12,21-22H,5-8H2,1-4H3. The van der Waals surface area contributed by atoms with Crippen molar-refractivity contribution in [3.05, 3.63) is 46.5 Å². The predicted molar refractivity (Wildman–Crippen MR) is 92.7 cm³/mol. The van der Waals surface area contributed by atoms with Crippen molar-refractivity contribution in [2.75, 3.05) is 0 Å². The zero-order chi connectivity index (χ0) is 16.3. The maximum Gasteiger partial charge on any atom is 0.121 e. The molecule has 0 saturated heterocycles. The number of benzene rings is 2. The molecule has 0 fully saturated rings. The first kappa shape index (κ1) is 16.4. The minimum atomic E-state index is 0.430. The number of hydrogen-bond donors (Lipinski definition) is 2. The molecule has 0 aliphatic carbocycles. The average Bonchev–Trinajstić information content (AvgIpc) is 2.55. The van der Waals surface area contributed by atoms with Gasteiger partial charge in [-0.1, -0.05) is 27.7 Å². The molecular weight excluding hydrogens is 272 g/mol. The Labute approximate surface area is 133 Å². The van der Waals surface area contributed by atoms with Crippen LogP contribution in [0, 0.1) is 0 Å². The third-order valence-electron chi connectivity index (χ3n) is 4.39. The van der Waals surface area contributed by atoms with Gasteiger partial charge in [0.1, 0.15) is 11.5 Å². The fourth-order valence-electron chi connectivity index (χ4n) is 2.93. The number of hydrogen-bond acceptors (Lipinski definition) is 2. The van der Waals surface area contributed by atoms with Crippen LogP contribution in [0.3, 0.4) is 0 Å². The van der Waals surface area contributed by atoms with E-state index in [0.717, 1.165) is 59.1 Å². The minimum absolute atomic E-state index is 0.430. The van der Waals surface area contributed by atoms with Crippen molar-refractivity contribution in [3.63, 3.8) is 0 Å². The lowest BCUT2D eigenvalue weighted by molar-refractivity contribution is 0.461. The molecule has 118 valence electrons. The zero-order valence-electron chi connectivity index (χ0n) is 14.0. The van der Waals surface area contributed by atoms with Crippen molar-refractivity contribution < 1.29 is 10.2 Å². The second-order valence-electron chi connectivity index (χ2n) is 5.70. The summed E-state index contributed by atoms with van der Waals surface area (Å²) in [5.74, 6) is 0.859. The summed E-state index contributed by atoms with van der Waals surface area (Å²) in [6, 6.07) is 8.28. The lowest BCUT2D eigenvalue weighted by Crippen LogP contribution is -1.94. The molecule has 2 aromatic carbocycles. The fraction of sp³-hybridized carbons (Fsp3) is 0.400. The Balaban J connectivity index is 2.65. The number of aromatic hydroxyl groups is 2. The van der Waals surface area contributed by atoms with Crippen LogP contribution in [0.15, 0.2) is 24.3 Å². The van der Waals surface area contributed by atoms with Crippen molar-refractivity contribution in [3.8, 4) is 22.6 Å². The van der Waals surface area contributed by atoms with Gasteiger partial charge in [-0.25, -0.2) is 0 Å². The third kappa shape index (κ3) is 2.96. The van der Waals surface area contributed by atoms with Crippen molar-refractivity contribution >= 4 is 0 Å². The van der Waals surface area contributed by atoms with Gasteiger partial charge in [-0.2, -0.15) is 0 Å². The Morgan fingerprint density at radius 2 is 0.773 bits per heavy atom. The van der Waals surface area contributed by atoms with Gasteiger partial charge >= 0.3 is 0 Å². The maximum atomic E-state index is 10.3. The van der Waals surface area contributed by atoms with Crippen LogP contribution in [0.1, 0.15) is 49.9 Å². The lowest BCUT2D eigenvalue weighted by Gasteiger charge is -2.14. The summed E-state index contributed by atoms with van der Waals surface area (Å²) in [6.07, 6.45) is 3.25. The van der Waals surface area contributed by atoms with Gasteiger partial charge in [0.05, 0.1) is 0 Å². The molecule has 0 saturated carbocycles. The molecule has 0 bridgehead atoms. The molecule has 0 spiro atoms. The molecule has 0 atom stereocenters. The van der Waals surface area contributed by atoms with E-state index in [2.05, 4.69) is 52.0 Å². The molecule has 0 aliphatic heterocycles. The Morgan fingerprint density at radius 3 is 0.955 bits per heavy atom. The molecule has 0 heterocycles. The van der Waals surface area contributed by atoms with Crippen molar-refractivity contribution in [1.29, 1.82) is 0 Å². The van der Waals surface area contributed by atoms with Gasteiger partial charge in [-0.05, 0) is 83.3 Å². The van der Waals surface area contributed by atoms with Crippen LogP contribution in [0.25, 0.3) is 11.1 Å². The summed E-state index contributed by atoms with van der Waals surface area (Å²) < 4.78 is 0. The second kappa shape index (κ2) is 6.87. The van der Waals surface area contributed by atoms with E-state index >= 15 is 0 Å². The molecule has 2 nitrogen and oxygen atoms in total. The van der Waals surface area contributed by atoms with Gasteiger partial charge in [0.25, 0.3) is 0 Å². The topological polar surface area (TPSA) is 40.5 Å². The van der Waals surface area contributed by atoms with Crippen LogP contribution in [0.2, 0.25) is 0 Å². The molecule has 0 radical (unpaired) electrons. The monoisotopic (exact) mass is 298 g/mol. The van der Waals surface area contributed by atoms with E-state index in [9.17, 15) is 10.2 Å². The van der Waals surface area contributed by atoms with E-state index in [1.807, 2.05) is 0 Å². The highest BCUT2D eigenvalue weighted by molar-refractivity contribution is 5.70. The molecule has 22 heavy (non-hydrogen) atoms. The predicted octanol–water partition coefficient (Wildman–Crippen LogP) is 5.01. The van der Waals surface area contributed by atoms with Gasteiger partial charge in [0.15, 0.2) is 0 Å². The van der Waals surface area contributed by atoms with Crippen molar-refractivity contribution in [2.24, 2.45) is 0 Å². The summed E-state index contributed by atoms with van der Waals surface area (Å²) in [4.78, 5) is 0. The summed E-state index contributed by atoms with van der Waals surface area (Å²) in [6.45, 7) is 8.24. The van der Waals surface area contributed by atoms with Crippen LogP contribution in [-0.4, -0.2) is 10.2 Å². The Morgan fingerprint density at radius 1 is 0.545 bits per heavy atom. The van der Waals surface area contributed by atoms with Gasteiger partial charge in [-0.15, -0.1) is 0 Å². The molecule has 0 aliphatic rings. The largest absolute Gasteiger partial charge is 0.507 e. The molecular formula is C20H26O2. The SMILES string of the molecule is CCc1cc(-c2cc(CC)c(O)c(CC)c2)cc(CC)c1O. The Bertz CT molecular complexity index is 562. The number of rotatable bonds is 5. The molecule has 2 heteroatoms. The van der Waals surface area contributed by atoms with Gasteiger partial charge in [-0.3, -0.25) is 0 Å². The third-order valence-corrected chi connectivity index (χ3v) is 4.39. The minimum Gasteiger partial charge on any atom is -0.507 e. The van der Waals surface area contributed by atoms with Crippen LogP contribution in [0.5, 0.6) is 11.5 Å². The van der Waals surface area contributed by atoms with Crippen molar-refractivity contribution in [2.45, 2.75) is 53.4 Å². The highest BCUT2D eigenvalue weighted by atomic mass is 16.3. The van der Waals surface area contributed by atoms with Crippen LogP contribution < -0.4 is 0 Å². The van der Waals surface area contributed by atoms with E-state index in [-0.39, 0.29) is 0 Å². The van der Waals surface area contributed by atoms with Gasteiger partial charge < -0.3 is 10.2 Å². The first-order valence-electron chi connectivity index (χ1n) is 8.25. The molecule has 0 aromatic heterocycles. The second-order valence-corrected chi connectivity index (χ2v) is 5.70. The summed E-state index contributed by atoms with van der Waals surface area (Å²) in [5.41, 5.74) is 6.18. The Hall–Kier alpha value is -1.96. The van der Waals surface area contributed by atoms with Crippen LogP contribution >= 0.6 is 0 Å². The first-order valence-corrected chi connectivity index (χ1v) is 8.25. The number of phenolic OH excluding ortho intramolecular Hbond substituents is 2. The highest BCUT2D eigenvalue weighted by Gasteiger charge is 2.12. The summed E-state index contributed by atoms with van der Waals surface area (Å²) in [7, 11) is 0. The Kier molecular flexibility index (Phi) is 5.12. The smallest absolute Gasteiger partial charge is 0.121 e. The number of phenols is 2. The lowest BCUT2D eigenvalue weighted by atomic mass is 9.92. The first-order chi connectivity index (χ1) is 10.5. The summed E-state index contributed by atoms with van der Waals surface area (Å²) >= 11 is 0. The molecule has 0 amide bonds. The highest BCUT2D eigenvalue weighted by Crippen LogP contribution is 2.35.